The van der Waals surface area contributed by atoms with E-state index in [1.54, 1.807) is 18.3 Å². The largest absolute Gasteiger partial charge is 0.329 e. The van der Waals surface area contributed by atoms with Crippen molar-refractivity contribution >= 4 is 28.7 Å². The first kappa shape index (κ1) is 16.9. The van der Waals surface area contributed by atoms with Crippen molar-refractivity contribution in [1.29, 1.82) is 5.26 Å². The van der Waals surface area contributed by atoms with Crippen LogP contribution in [0.1, 0.15) is 28.9 Å². The van der Waals surface area contributed by atoms with Crippen molar-refractivity contribution in [1.82, 2.24) is 4.98 Å². The summed E-state index contributed by atoms with van der Waals surface area (Å²) in [4.78, 5) is 27.3. The molecule has 0 bridgehead atoms. The Morgan fingerprint density at radius 2 is 2.00 bits per heavy atom. The Hall–Kier alpha value is -3.59. The molecule has 132 valence electrons. The number of amidine groups is 1. The van der Waals surface area contributed by atoms with Gasteiger partial charge in [0.1, 0.15) is 11.5 Å². The fraction of sp³-hybridized carbons (Fsp3) is 0.190. The van der Waals surface area contributed by atoms with Gasteiger partial charge in [0.15, 0.2) is 0 Å². The summed E-state index contributed by atoms with van der Waals surface area (Å²) in [5.74, 6) is 0.923. The van der Waals surface area contributed by atoms with Crippen molar-refractivity contribution in [2.75, 3.05) is 18.0 Å². The van der Waals surface area contributed by atoms with E-state index in [2.05, 4.69) is 25.9 Å². The highest BCUT2D eigenvalue weighted by atomic mass is 16.1. The second-order valence-electron chi connectivity index (χ2n) is 6.22. The third kappa shape index (κ3) is 3.40. The number of aliphatic imine (C=N–C) groups is 2. The number of pyridine rings is 1. The molecule has 0 saturated heterocycles. The van der Waals surface area contributed by atoms with Gasteiger partial charge in [-0.3, -0.25) is 14.8 Å². The topological polar surface area (TPSA) is 81.7 Å². The van der Waals surface area contributed by atoms with Crippen LogP contribution in [0.2, 0.25) is 0 Å². The van der Waals surface area contributed by atoms with Crippen molar-refractivity contribution in [3.8, 4) is 6.07 Å². The van der Waals surface area contributed by atoms with Crippen LogP contribution in [0.3, 0.4) is 0 Å². The van der Waals surface area contributed by atoms with E-state index in [1.165, 1.54) is 6.08 Å². The average molecular weight is 355 g/mol. The molecule has 1 aliphatic carbocycles. The lowest BCUT2D eigenvalue weighted by Crippen LogP contribution is -2.36. The van der Waals surface area contributed by atoms with E-state index < -0.39 is 0 Å². The molecule has 4 rings (SSSR count). The second-order valence-corrected chi connectivity index (χ2v) is 6.22. The Morgan fingerprint density at radius 3 is 2.70 bits per heavy atom. The summed E-state index contributed by atoms with van der Waals surface area (Å²) in [7, 11) is 0. The van der Waals surface area contributed by atoms with Gasteiger partial charge in [0.05, 0.1) is 23.9 Å². The summed E-state index contributed by atoms with van der Waals surface area (Å²) in [6.07, 6.45) is 6.23. The van der Waals surface area contributed by atoms with Gasteiger partial charge in [-0.25, -0.2) is 4.99 Å². The molecule has 0 unspecified atom stereocenters. The zero-order chi connectivity index (χ0) is 18.6. The maximum atomic E-state index is 11.9. The Labute approximate surface area is 157 Å². The number of rotatable bonds is 4. The predicted molar refractivity (Wildman–Crippen MR) is 105 cm³/mol. The van der Waals surface area contributed by atoms with Gasteiger partial charge >= 0.3 is 0 Å². The van der Waals surface area contributed by atoms with Crippen LogP contribution in [0.25, 0.3) is 0 Å². The smallest absolute Gasteiger partial charge is 0.204 e. The first-order valence-electron chi connectivity index (χ1n) is 8.80. The van der Waals surface area contributed by atoms with E-state index in [0.29, 0.717) is 18.7 Å². The summed E-state index contributed by atoms with van der Waals surface area (Å²) in [6.45, 7) is 1.48. The Kier molecular flexibility index (Phi) is 4.58. The number of anilines is 1. The van der Waals surface area contributed by atoms with E-state index >= 15 is 0 Å². The van der Waals surface area contributed by atoms with Crippen LogP contribution in [0.5, 0.6) is 0 Å². The molecule has 2 heterocycles. The second kappa shape index (κ2) is 7.34. The normalized spacial score (nSPS) is 16.3. The maximum absolute atomic E-state index is 11.9. The summed E-state index contributed by atoms with van der Waals surface area (Å²) in [5.41, 5.74) is 3.69. The van der Waals surface area contributed by atoms with Crippen molar-refractivity contribution in [2.45, 2.75) is 12.8 Å². The summed E-state index contributed by atoms with van der Waals surface area (Å²) in [6, 6.07) is 13.7. The third-order valence-corrected chi connectivity index (χ3v) is 4.51. The molecule has 0 radical (unpaired) electrons. The highest BCUT2D eigenvalue weighted by molar-refractivity contribution is 6.23. The Morgan fingerprint density at radius 1 is 1.19 bits per heavy atom. The molecule has 2 aliphatic rings. The molecule has 1 aromatic heterocycles. The quantitative estimate of drug-likeness (QED) is 0.841. The molecule has 6 nitrogen and oxygen atoms in total. The molecule has 0 spiro atoms. The standard InChI is InChI=1S/C21H17N5O/c22-11-2-14-26(20-10-13-23-20)16-6-4-15(5-7-16)25-18-8-9-19(27)21-17(18)3-1-12-24-21/h1,3-9,12H,2,10,13-14H2. The lowest BCUT2D eigenvalue weighted by Gasteiger charge is -2.29. The average Bonchev–Trinajstić information content (AvgIpc) is 2.67. The van der Waals surface area contributed by atoms with E-state index in [9.17, 15) is 4.79 Å². The minimum atomic E-state index is -0.102. The molecular formula is C21H17N5O. The van der Waals surface area contributed by atoms with Gasteiger partial charge in [-0.2, -0.15) is 5.26 Å². The number of fused-ring (bicyclic) bond motifs is 1. The lowest BCUT2D eigenvalue weighted by molar-refractivity contribution is 0.104. The number of nitriles is 1. The van der Waals surface area contributed by atoms with Gasteiger partial charge in [-0.15, -0.1) is 0 Å². The lowest BCUT2D eigenvalue weighted by atomic mass is 9.99. The monoisotopic (exact) mass is 355 g/mol. The van der Waals surface area contributed by atoms with Crippen LogP contribution in [0.15, 0.2) is 64.7 Å². The fourth-order valence-corrected chi connectivity index (χ4v) is 3.08. The number of carbonyl (C=O) groups excluding carboxylic acids is 1. The predicted octanol–water partition coefficient (Wildman–Crippen LogP) is 3.48. The van der Waals surface area contributed by atoms with Crippen LogP contribution < -0.4 is 4.90 Å². The van der Waals surface area contributed by atoms with Crippen molar-refractivity contribution < 1.29 is 4.79 Å². The van der Waals surface area contributed by atoms with Crippen LogP contribution in [-0.4, -0.2) is 35.4 Å². The molecule has 0 atom stereocenters. The highest BCUT2D eigenvalue weighted by Crippen LogP contribution is 2.25. The molecule has 1 aliphatic heterocycles. The van der Waals surface area contributed by atoms with E-state index in [1.807, 2.05) is 30.3 Å². The van der Waals surface area contributed by atoms with Gasteiger partial charge in [0, 0.05) is 37.0 Å². The Bertz CT molecular complexity index is 1010. The molecule has 0 amide bonds. The van der Waals surface area contributed by atoms with Gasteiger partial charge in [0.2, 0.25) is 5.78 Å². The molecule has 2 aromatic rings. The molecule has 27 heavy (non-hydrogen) atoms. The zero-order valence-corrected chi connectivity index (χ0v) is 14.7. The van der Waals surface area contributed by atoms with Crippen LogP contribution in [-0.2, 0) is 0 Å². The molecule has 0 N–H and O–H groups in total. The molecule has 1 aromatic carbocycles. The number of benzene rings is 1. The van der Waals surface area contributed by atoms with Crippen LogP contribution in [0.4, 0.5) is 11.4 Å². The summed E-state index contributed by atoms with van der Waals surface area (Å²) >= 11 is 0. The van der Waals surface area contributed by atoms with Gasteiger partial charge < -0.3 is 4.90 Å². The first-order chi connectivity index (χ1) is 13.3. The van der Waals surface area contributed by atoms with Gasteiger partial charge in [-0.05, 0) is 48.6 Å². The zero-order valence-electron chi connectivity index (χ0n) is 14.7. The minimum absolute atomic E-state index is 0.102. The number of nitrogens with zero attached hydrogens (tertiary/aromatic N) is 5. The number of ketones is 1. The third-order valence-electron chi connectivity index (χ3n) is 4.51. The van der Waals surface area contributed by atoms with E-state index in [-0.39, 0.29) is 5.78 Å². The van der Waals surface area contributed by atoms with E-state index in [4.69, 9.17) is 5.26 Å². The Balaban J connectivity index is 1.61. The summed E-state index contributed by atoms with van der Waals surface area (Å²) < 4.78 is 0. The van der Waals surface area contributed by atoms with Crippen LogP contribution >= 0.6 is 0 Å². The van der Waals surface area contributed by atoms with Gasteiger partial charge in [-0.1, -0.05) is 0 Å². The molecule has 0 fully saturated rings. The maximum Gasteiger partial charge on any atom is 0.204 e. The van der Waals surface area contributed by atoms with Gasteiger partial charge in [0.25, 0.3) is 0 Å². The molecule has 0 saturated carbocycles. The van der Waals surface area contributed by atoms with E-state index in [0.717, 1.165) is 41.5 Å². The number of hydrogen-bond acceptors (Lipinski definition) is 6. The number of aromatic nitrogens is 1. The minimum Gasteiger partial charge on any atom is -0.329 e. The molecule has 6 heteroatoms. The first-order valence-corrected chi connectivity index (χ1v) is 8.80. The number of carbonyl (C=O) groups is 1. The number of hydrogen-bond donors (Lipinski definition) is 0. The summed E-state index contributed by atoms with van der Waals surface area (Å²) in [5, 5.41) is 8.89. The van der Waals surface area contributed by atoms with Crippen molar-refractivity contribution in [2.24, 2.45) is 9.98 Å². The fourth-order valence-electron chi connectivity index (χ4n) is 3.08. The van der Waals surface area contributed by atoms with Crippen molar-refractivity contribution in [3.63, 3.8) is 0 Å². The molecular weight excluding hydrogens is 338 g/mol. The SMILES string of the molecule is N#CCCN(C1=NCC1)c1ccc(N=C2C=CC(=O)c3ncccc32)cc1. The van der Waals surface area contributed by atoms with Crippen LogP contribution in [0, 0.1) is 11.3 Å². The highest BCUT2D eigenvalue weighted by Gasteiger charge is 2.19. The number of allylic oxidation sites excluding steroid dienone is 2. The van der Waals surface area contributed by atoms with Crippen molar-refractivity contribution in [3.05, 3.63) is 66.0 Å².